The van der Waals surface area contributed by atoms with E-state index in [0.717, 1.165) is 0 Å². The Bertz CT molecular complexity index is 406. The van der Waals surface area contributed by atoms with Gasteiger partial charge in [0.1, 0.15) is 48.8 Å². The fraction of sp³-hybridized carbons (Fsp3) is 1.00. The van der Waals surface area contributed by atoms with Crippen LogP contribution in [0.3, 0.4) is 0 Å². The third-order valence-corrected chi connectivity index (χ3v) is 4.41. The van der Waals surface area contributed by atoms with E-state index in [-0.39, 0.29) is 0 Å². The van der Waals surface area contributed by atoms with Crippen molar-refractivity contribution in [1.29, 1.82) is 0 Å². The quantitative estimate of drug-likeness (QED) is 0.236. The fourth-order valence-electron chi connectivity index (χ4n) is 2.99. The van der Waals surface area contributed by atoms with E-state index in [2.05, 4.69) is 0 Å². The van der Waals surface area contributed by atoms with Crippen LogP contribution in [0.5, 0.6) is 0 Å². The lowest BCUT2D eigenvalue weighted by Gasteiger charge is -2.53. The van der Waals surface area contributed by atoms with Crippen molar-refractivity contribution < 1.29 is 55.4 Å². The molecule has 2 aliphatic rings. The Morgan fingerprint density at radius 1 is 0.696 bits per heavy atom. The maximum atomic E-state index is 10.7. The van der Waals surface area contributed by atoms with Crippen molar-refractivity contribution in [1.82, 2.24) is 0 Å². The summed E-state index contributed by atoms with van der Waals surface area (Å²) < 4.78 is 9.86. The van der Waals surface area contributed by atoms with Gasteiger partial charge < -0.3 is 55.4 Å². The SMILES string of the molecule is OC[C@H]1O[C@H]([C@@]2(O)[C@@H](O)[C@@H](O)O[C@H](CO)[C@@H]2O)[C@H](O)[C@@H](O)[C@H]1O. The van der Waals surface area contributed by atoms with Gasteiger partial charge in [0.2, 0.25) is 0 Å². The van der Waals surface area contributed by atoms with E-state index in [0.29, 0.717) is 0 Å². The van der Waals surface area contributed by atoms with E-state index >= 15 is 0 Å². The first kappa shape index (κ1) is 18.9. The Hall–Kier alpha value is -0.440. The summed E-state index contributed by atoms with van der Waals surface area (Å²) in [7, 11) is 0. The lowest BCUT2D eigenvalue weighted by Crippen LogP contribution is -2.77. The van der Waals surface area contributed by atoms with Gasteiger partial charge in [-0.05, 0) is 0 Å². The van der Waals surface area contributed by atoms with Crippen LogP contribution in [0, 0.1) is 0 Å². The van der Waals surface area contributed by atoms with E-state index < -0.39 is 73.9 Å². The predicted molar refractivity (Wildman–Crippen MR) is 68.7 cm³/mol. The zero-order chi connectivity index (χ0) is 17.5. The zero-order valence-electron chi connectivity index (χ0n) is 12.0. The number of aliphatic hydroxyl groups is 9. The molecule has 2 aliphatic heterocycles. The Morgan fingerprint density at radius 3 is 1.78 bits per heavy atom. The van der Waals surface area contributed by atoms with Crippen LogP contribution < -0.4 is 0 Å². The van der Waals surface area contributed by atoms with Gasteiger partial charge in [0, 0.05) is 0 Å². The van der Waals surface area contributed by atoms with Gasteiger partial charge in [0.05, 0.1) is 13.2 Å². The van der Waals surface area contributed by atoms with E-state index in [1.807, 2.05) is 0 Å². The van der Waals surface area contributed by atoms with Crippen molar-refractivity contribution in [2.45, 2.75) is 60.7 Å². The minimum atomic E-state index is -2.75. The van der Waals surface area contributed by atoms with E-state index in [4.69, 9.17) is 19.7 Å². The first-order chi connectivity index (χ1) is 10.7. The number of hydrogen-bond acceptors (Lipinski definition) is 11. The second-order valence-corrected chi connectivity index (χ2v) is 5.77. The summed E-state index contributed by atoms with van der Waals surface area (Å²) >= 11 is 0. The molecule has 11 heteroatoms. The number of hydrogen-bond donors (Lipinski definition) is 9. The molecule has 0 aromatic heterocycles. The van der Waals surface area contributed by atoms with Crippen LogP contribution in [0.15, 0.2) is 0 Å². The highest BCUT2D eigenvalue weighted by Crippen LogP contribution is 2.38. The highest BCUT2D eigenvalue weighted by Gasteiger charge is 2.64. The highest BCUT2D eigenvalue weighted by molar-refractivity contribution is 5.11. The Balaban J connectivity index is 2.38. The summed E-state index contributed by atoms with van der Waals surface area (Å²) in [6.07, 6.45) is -16.5. The molecule has 9 N–H and O–H groups in total. The van der Waals surface area contributed by atoms with Gasteiger partial charge in [0.15, 0.2) is 11.9 Å². The van der Waals surface area contributed by atoms with Gasteiger partial charge in [-0.1, -0.05) is 0 Å². The fourth-order valence-corrected chi connectivity index (χ4v) is 2.99. The summed E-state index contributed by atoms with van der Waals surface area (Å²) in [5, 5.41) is 88.3. The molecule has 11 nitrogen and oxygen atoms in total. The van der Waals surface area contributed by atoms with Gasteiger partial charge in [-0.3, -0.25) is 0 Å². The minimum absolute atomic E-state index is 0.786. The average molecular weight is 342 g/mol. The molecule has 0 unspecified atom stereocenters. The van der Waals surface area contributed by atoms with Crippen molar-refractivity contribution in [3.63, 3.8) is 0 Å². The second-order valence-electron chi connectivity index (χ2n) is 5.77. The molecule has 10 atom stereocenters. The van der Waals surface area contributed by atoms with Gasteiger partial charge in [-0.15, -0.1) is 0 Å². The van der Waals surface area contributed by atoms with Gasteiger partial charge >= 0.3 is 0 Å². The first-order valence-corrected chi connectivity index (χ1v) is 7.03. The highest BCUT2D eigenvalue weighted by atomic mass is 16.6. The van der Waals surface area contributed by atoms with Gasteiger partial charge in [0.25, 0.3) is 0 Å². The molecule has 0 saturated carbocycles. The molecule has 0 aromatic rings. The van der Waals surface area contributed by atoms with Crippen LogP contribution in [0.4, 0.5) is 0 Å². The molecule has 2 saturated heterocycles. The molecule has 0 aliphatic carbocycles. The summed E-state index contributed by atoms with van der Waals surface area (Å²) in [4.78, 5) is 0. The Labute approximate surface area is 130 Å². The van der Waals surface area contributed by atoms with Crippen LogP contribution >= 0.6 is 0 Å². The van der Waals surface area contributed by atoms with Crippen LogP contribution in [0.2, 0.25) is 0 Å². The Morgan fingerprint density at radius 2 is 1.26 bits per heavy atom. The predicted octanol–water partition coefficient (Wildman–Crippen LogP) is -6.01. The second kappa shape index (κ2) is 6.82. The third-order valence-electron chi connectivity index (χ3n) is 4.41. The van der Waals surface area contributed by atoms with E-state index in [1.54, 1.807) is 0 Å². The molecule has 0 radical (unpaired) electrons. The lowest BCUT2D eigenvalue weighted by molar-refractivity contribution is -0.368. The lowest BCUT2D eigenvalue weighted by atomic mass is 9.74. The average Bonchev–Trinajstić information content (AvgIpc) is 2.54. The first-order valence-electron chi connectivity index (χ1n) is 7.03. The van der Waals surface area contributed by atoms with Crippen LogP contribution in [0.25, 0.3) is 0 Å². The number of rotatable bonds is 3. The summed E-state index contributed by atoms with van der Waals surface area (Å²) in [5.41, 5.74) is -2.75. The normalized spacial score (nSPS) is 54.9. The molecule has 0 amide bonds. The smallest absolute Gasteiger partial charge is 0.184 e. The maximum Gasteiger partial charge on any atom is 0.184 e. The zero-order valence-corrected chi connectivity index (χ0v) is 12.0. The molecular weight excluding hydrogens is 320 g/mol. The molecular formula is C12H22O11. The van der Waals surface area contributed by atoms with Crippen molar-refractivity contribution in [2.75, 3.05) is 13.2 Å². The minimum Gasteiger partial charge on any atom is -0.394 e. The monoisotopic (exact) mass is 342 g/mol. The molecule has 0 bridgehead atoms. The van der Waals surface area contributed by atoms with E-state index in [1.165, 1.54) is 0 Å². The van der Waals surface area contributed by atoms with Gasteiger partial charge in [-0.2, -0.15) is 0 Å². The van der Waals surface area contributed by atoms with Crippen molar-refractivity contribution >= 4 is 0 Å². The maximum absolute atomic E-state index is 10.7. The largest absolute Gasteiger partial charge is 0.394 e. The molecule has 0 spiro atoms. The van der Waals surface area contributed by atoms with Gasteiger partial charge in [-0.25, -0.2) is 0 Å². The van der Waals surface area contributed by atoms with E-state index in [9.17, 15) is 35.7 Å². The van der Waals surface area contributed by atoms with Crippen LogP contribution in [-0.4, -0.2) is 120 Å². The molecule has 2 heterocycles. The van der Waals surface area contributed by atoms with Crippen molar-refractivity contribution in [3.8, 4) is 0 Å². The van der Waals surface area contributed by atoms with Crippen LogP contribution in [0.1, 0.15) is 0 Å². The summed E-state index contributed by atoms with van der Waals surface area (Å²) in [5.74, 6) is 0. The number of ether oxygens (including phenoxy) is 2. The summed E-state index contributed by atoms with van der Waals surface area (Å²) in [6, 6.07) is 0. The summed E-state index contributed by atoms with van der Waals surface area (Å²) in [6.45, 7) is -1.61. The van der Waals surface area contributed by atoms with Crippen LogP contribution in [-0.2, 0) is 9.47 Å². The number of aliphatic hydroxyl groups excluding tert-OH is 8. The standard InChI is InChI=1S/C12H22O11/c13-1-3-5(15)6(16)7(17)10(22-3)12(21)8(18)4(2-14)23-11(20)9(12)19/h3-11,13-21H,1-2H2/t3-,4-,5+,6+,7-,8+,9+,10+,11+,12+/m1/s1. The molecule has 2 rings (SSSR count). The van der Waals surface area contributed by atoms with Crippen molar-refractivity contribution in [2.24, 2.45) is 0 Å². The molecule has 23 heavy (non-hydrogen) atoms. The molecule has 136 valence electrons. The van der Waals surface area contributed by atoms with Crippen molar-refractivity contribution in [3.05, 3.63) is 0 Å². The molecule has 0 aromatic carbocycles. The topological polar surface area (TPSA) is 201 Å². The third kappa shape index (κ3) is 2.88. The Kier molecular flexibility index (Phi) is 5.60. The molecule has 2 fully saturated rings.